The van der Waals surface area contributed by atoms with Crippen LogP contribution in [0.15, 0.2) is 42.5 Å². The highest BCUT2D eigenvalue weighted by Crippen LogP contribution is 2.28. The third kappa shape index (κ3) is 7.24. The molecule has 0 saturated carbocycles. The Kier molecular flexibility index (Phi) is 8.09. The van der Waals surface area contributed by atoms with Crippen LogP contribution in [0.5, 0.6) is 0 Å². The van der Waals surface area contributed by atoms with Gasteiger partial charge in [-0.2, -0.15) is 0 Å². The maximum Gasteiger partial charge on any atom is 0.411 e. The number of nitrogens with zero attached hydrogens (tertiary/aromatic N) is 2. The Bertz CT molecular complexity index is 1070. The standard InChI is InChI=1S/C26H30F2N2O5/c1-26(2,3)35-25(34)30(15-20-8-9-21(27)14-22(20)28)16-23(31)29-12-10-18(11-13-29)17-4-6-19(7-5-17)24(32)33/h4-9,14,18H,10-13,15-16H2,1-3H3,(H,32,33). The van der Waals surface area contributed by atoms with Crippen LogP contribution in [0.2, 0.25) is 0 Å². The molecule has 3 rings (SSSR count). The number of amides is 2. The quantitative estimate of drug-likeness (QED) is 0.631. The molecule has 1 fully saturated rings. The van der Waals surface area contributed by atoms with Crippen LogP contribution in [0, 0.1) is 11.6 Å². The Balaban J connectivity index is 1.65. The Labute approximate surface area is 203 Å². The smallest absolute Gasteiger partial charge is 0.411 e. The zero-order valence-corrected chi connectivity index (χ0v) is 20.1. The van der Waals surface area contributed by atoms with Gasteiger partial charge in [-0.15, -0.1) is 0 Å². The Morgan fingerprint density at radius 1 is 1.06 bits per heavy atom. The van der Waals surface area contributed by atoms with Gasteiger partial charge in [0.2, 0.25) is 5.91 Å². The summed E-state index contributed by atoms with van der Waals surface area (Å²) >= 11 is 0. The van der Waals surface area contributed by atoms with E-state index in [2.05, 4.69) is 0 Å². The summed E-state index contributed by atoms with van der Waals surface area (Å²) in [4.78, 5) is 39.6. The van der Waals surface area contributed by atoms with Crippen LogP contribution in [-0.2, 0) is 16.1 Å². The number of aromatic carboxylic acids is 1. The topological polar surface area (TPSA) is 87.2 Å². The number of likely N-dealkylation sites (tertiary alicyclic amines) is 1. The number of hydrogen-bond acceptors (Lipinski definition) is 4. The molecule has 0 radical (unpaired) electrons. The number of carboxylic acid groups (broad SMARTS) is 1. The van der Waals surface area contributed by atoms with Gasteiger partial charge in [0.05, 0.1) is 12.1 Å². The average molecular weight is 489 g/mol. The first kappa shape index (κ1) is 26.1. The molecule has 2 amide bonds. The molecular formula is C26H30F2N2O5. The largest absolute Gasteiger partial charge is 0.478 e. The van der Waals surface area contributed by atoms with Crippen LogP contribution < -0.4 is 0 Å². The van der Waals surface area contributed by atoms with Crippen LogP contribution in [0.3, 0.4) is 0 Å². The van der Waals surface area contributed by atoms with Crippen LogP contribution in [0.1, 0.15) is 61.0 Å². The molecule has 1 heterocycles. The van der Waals surface area contributed by atoms with Crippen molar-refractivity contribution < 1.29 is 33.0 Å². The number of halogens is 2. The number of carbonyl (C=O) groups is 3. The van der Waals surface area contributed by atoms with Gasteiger partial charge < -0.3 is 14.7 Å². The molecule has 35 heavy (non-hydrogen) atoms. The SMILES string of the molecule is CC(C)(C)OC(=O)N(CC(=O)N1CCC(c2ccc(C(=O)O)cc2)CC1)Cc1ccc(F)cc1F. The van der Waals surface area contributed by atoms with E-state index in [4.69, 9.17) is 9.84 Å². The van der Waals surface area contributed by atoms with Crippen molar-refractivity contribution in [2.75, 3.05) is 19.6 Å². The summed E-state index contributed by atoms with van der Waals surface area (Å²) in [6, 6.07) is 9.82. The predicted molar refractivity (Wildman–Crippen MR) is 125 cm³/mol. The molecule has 188 valence electrons. The number of hydrogen-bond donors (Lipinski definition) is 1. The van der Waals surface area contributed by atoms with E-state index in [0.717, 1.165) is 22.6 Å². The zero-order chi connectivity index (χ0) is 25.8. The molecule has 2 aromatic carbocycles. The van der Waals surface area contributed by atoms with Gasteiger partial charge in [-0.25, -0.2) is 18.4 Å². The number of rotatable bonds is 6. The van der Waals surface area contributed by atoms with Gasteiger partial charge in [-0.05, 0) is 63.3 Å². The van der Waals surface area contributed by atoms with Gasteiger partial charge in [0.1, 0.15) is 23.8 Å². The second kappa shape index (κ2) is 10.8. The lowest BCUT2D eigenvalue weighted by molar-refractivity contribution is -0.133. The van der Waals surface area contributed by atoms with Crippen molar-refractivity contribution in [3.63, 3.8) is 0 Å². The van der Waals surface area contributed by atoms with Crippen molar-refractivity contribution in [2.45, 2.75) is 51.7 Å². The summed E-state index contributed by atoms with van der Waals surface area (Å²) in [5.41, 5.74) is 0.507. The Morgan fingerprint density at radius 2 is 1.69 bits per heavy atom. The highest BCUT2D eigenvalue weighted by molar-refractivity contribution is 5.87. The molecule has 1 aliphatic heterocycles. The fourth-order valence-electron chi connectivity index (χ4n) is 3.99. The summed E-state index contributed by atoms with van der Waals surface area (Å²) in [6.07, 6.45) is 0.622. The van der Waals surface area contributed by atoms with E-state index in [1.54, 1.807) is 49.9 Å². The Morgan fingerprint density at radius 3 is 2.23 bits per heavy atom. The van der Waals surface area contributed by atoms with Crippen molar-refractivity contribution >= 4 is 18.0 Å². The molecule has 7 nitrogen and oxygen atoms in total. The van der Waals surface area contributed by atoms with E-state index in [-0.39, 0.29) is 36.0 Å². The molecule has 1 saturated heterocycles. The summed E-state index contributed by atoms with van der Waals surface area (Å²) in [5.74, 6) is -2.62. The lowest BCUT2D eigenvalue weighted by Gasteiger charge is -2.34. The highest BCUT2D eigenvalue weighted by Gasteiger charge is 2.29. The third-order valence-corrected chi connectivity index (χ3v) is 5.83. The normalized spacial score (nSPS) is 14.5. The molecule has 0 unspecified atom stereocenters. The second-order valence-electron chi connectivity index (χ2n) is 9.65. The fourth-order valence-corrected chi connectivity index (χ4v) is 3.99. The molecule has 0 aliphatic carbocycles. The van der Waals surface area contributed by atoms with Crippen LogP contribution >= 0.6 is 0 Å². The summed E-state index contributed by atoms with van der Waals surface area (Å²) < 4.78 is 32.9. The maximum atomic E-state index is 14.2. The zero-order valence-electron chi connectivity index (χ0n) is 20.1. The van der Waals surface area contributed by atoms with Gasteiger partial charge in [0.15, 0.2) is 0 Å². The van der Waals surface area contributed by atoms with Gasteiger partial charge in [0, 0.05) is 24.7 Å². The van der Waals surface area contributed by atoms with E-state index in [9.17, 15) is 23.2 Å². The summed E-state index contributed by atoms with van der Waals surface area (Å²) in [6.45, 7) is 5.48. The molecule has 0 spiro atoms. The van der Waals surface area contributed by atoms with Crippen molar-refractivity contribution in [3.05, 3.63) is 70.8 Å². The molecule has 0 atom stereocenters. The van der Waals surface area contributed by atoms with Crippen molar-refractivity contribution in [1.29, 1.82) is 0 Å². The molecule has 1 aliphatic rings. The molecule has 1 N–H and O–H groups in total. The van der Waals surface area contributed by atoms with Crippen molar-refractivity contribution in [3.8, 4) is 0 Å². The predicted octanol–water partition coefficient (Wildman–Crippen LogP) is 4.81. The first-order valence-electron chi connectivity index (χ1n) is 11.5. The summed E-state index contributed by atoms with van der Waals surface area (Å²) in [7, 11) is 0. The van der Waals surface area contributed by atoms with E-state index in [1.807, 2.05) is 0 Å². The van der Waals surface area contributed by atoms with Crippen LogP contribution in [-0.4, -0.2) is 58.1 Å². The molecule has 0 aromatic heterocycles. The minimum atomic E-state index is -0.980. The van der Waals surface area contributed by atoms with Gasteiger partial charge in [-0.3, -0.25) is 9.69 Å². The average Bonchev–Trinajstić information content (AvgIpc) is 2.79. The number of carbonyl (C=O) groups excluding carboxylic acids is 2. The van der Waals surface area contributed by atoms with E-state index >= 15 is 0 Å². The number of ether oxygens (including phenoxy) is 1. The fraction of sp³-hybridized carbons (Fsp3) is 0.423. The molecule has 2 aromatic rings. The van der Waals surface area contributed by atoms with Crippen molar-refractivity contribution in [2.24, 2.45) is 0 Å². The minimum absolute atomic E-state index is 0.0774. The van der Waals surface area contributed by atoms with Gasteiger partial charge >= 0.3 is 12.1 Å². The number of piperidine rings is 1. The van der Waals surface area contributed by atoms with Crippen LogP contribution in [0.25, 0.3) is 0 Å². The second-order valence-corrected chi connectivity index (χ2v) is 9.65. The van der Waals surface area contributed by atoms with Crippen LogP contribution in [0.4, 0.5) is 13.6 Å². The maximum absolute atomic E-state index is 14.2. The number of benzene rings is 2. The van der Waals surface area contributed by atoms with Gasteiger partial charge in [0.25, 0.3) is 0 Å². The van der Waals surface area contributed by atoms with E-state index < -0.39 is 29.3 Å². The number of carboxylic acids is 1. The van der Waals surface area contributed by atoms with E-state index in [0.29, 0.717) is 25.9 Å². The lowest BCUT2D eigenvalue weighted by atomic mass is 9.89. The summed E-state index contributed by atoms with van der Waals surface area (Å²) in [5, 5.41) is 9.06. The highest BCUT2D eigenvalue weighted by atomic mass is 19.1. The monoisotopic (exact) mass is 488 g/mol. The lowest BCUT2D eigenvalue weighted by Crippen LogP contribution is -2.46. The first-order chi connectivity index (χ1) is 16.4. The first-order valence-corrected chi connectivity index (χ1v) is 11.5. The Hall–Kier alpha value is -3.49. The minimum Gasteiger partial charge on any atom is -0.478 e. The molecule has 0 bridgehead atoms. The van der Waals surface area contributed by atoms with Gasteiger partial charge in [-0.1, -0.05) is 18.2 Å². The van der Waals surface area contributed by atoms with Crippen molar-refractivity contribution in [1.82, 2.24) is 9.80 Å². The molecular weight excluding hydrogens is 458 g/mol. The molecule has 9 heteroatoms. The van der Waals surface area contributed by atoms with E-state index in [1.165, 1.54) is 6.07 Å². The third-order valence-electron chi connectivity index (χ3n) is 5.83.